The molecule has 0 amide bonds. The fourth-order valence-corrected chi connectivity index (χ4v) is 2.54. The first-order valence-electron chi connectivity index (χ1n) is 5.48. The molecule has 2 rings (SSSR count). The van der Waals surface area contributed by atoms with Crippen molar-refractivity contribution in [1.29, 1.82) is 0 Å². The summed E-state index contributed by atoms with van der Waals surface area (Å²) in [5, 5.41) is 3.98. The Labute approximate surface area is 95.4 Å². The highest BCUT2D eigenvalue weighted by atomic mass is 15.2. The summed E-state index contributed by atoms with van der Waals surface area (Å²) in [5.74, 6) is 0.119. The monoisotopic (exact) mass is 213 g/mol. The van der Waals surface area contributed by atoms with Gasteiger partial charge in [-0.2, -0.15) is 0 Å². The topological polar surface area (TPSA) is 48.8 Å². The summed E-state index contributed by atoms with van der Waals surface area (Å²) in [5.41, 5.74) is 10.9. The average Bonchev–Trinajstić information content (AvgIpc) is 2.29. The van der Waals surface area contributed by atoms with Crippen LogP contribution in [0.15, 0.2) is 42.0 Å². The van der Waals surface area contributed by atoms with Crippen molar-refractivity contribution in [3.8, 4) is 0 Å². The molecule has 0 saturated carbocycles. The van der Waals surface area contributed by atoms with Crippen molar-refractivity contribution in [3.63, 3.8) is 0 Å². The third-order valence-electron chi connectivity index (χ3n) is 3.47. The molecule has 0 spiro atoms. The highest BCUT2D eigenvalue weighted by Crippen LogP contribution is 2.42. The maximum atomic E-state index is 8.67. The fraction of sp³-hybridized carbons (Fsp3) is 0.385. The van der Waals surface area contributed by atoms with Gasteiger partial charge in [0.15, 0.2) is 0 Å². The molecule has 82 valence electrons. The van der Waals surface area contributed by atoms with E-state index in [1.54, 1.807) is 0 Å². The Morgan fingerprint density at radius 2 is 2.31 bits per heavy atom. The lowest BCUT2D eigenvalue weighted by molar-refractivity contribution is 0.370. The van der Waals surface area contributed by atoms with Crippen molar-refractivity contribution in [3.05, 3.63) is 58.5 Å². The Morgan fingerprint density at radius 3 is 3.00 bits per heavy atom. The molecule has 3 heteroatoms. The van der Waals surface area contributed by atoms with Crippen LogP contribution in [0.5, 0.6) is 0 Å². The van der Waals surface area contributed by atoms with Crippen LogP contribution in [0.1, 0.15) is 30.4 Å². The highest BCUT2D eigenvalue weighted by molar-refractivity contribution is 5.39. The van der Waals surface area contributed by atoms with Gasteiger partial charge in [-0.1, -0.05) is 42.4 Å². The molecule has 0 fully saturated rings. The fourth-order valence-electron chi connectivity index (χ4n) is 2.54. The molecule has 0 N–H and O–H groups in total. The Bertz CT molecular complexity index is 460. The van der Waals surface area contributed by atoms with Gasteiger partial charge >= 0.3 is 0 Å². The molecule has 0 aliphatic heterocycles. The van der Waals surface area contributed by atoms with Crippen molar-refractivity contribution in [2.75, 3.05) is 0 Å². The van der Waals surface area contributed by atoms with Gasteiger partial charge in [0, 0.05) is 10.8 Å². The van der Waals surface area contributed by atoms with Gasteiger partial charge in [-0.25, -0.2) is 0 Å². The van der Waals surface area contributed by atoms with Gasteiger partial charge in [0.1, 0.15) is 0 Å². The van der Waals surface area contributed by atoms with Crippen molar-refractivity contribution in [2.24, 2.45) is 5.11 Å². The molecule has 0 radical (unpaired) electrons. The summed E-state index contributed by atoms with van der Waals surface area (Å²) >= 11 is 0. The lowest BCUT2D eigenvalue weighted by Gasteiger charge is -2.37. The zero-order valence-electron chi connectivity index (χ0n) is 9.43. The van der Waals surface area contributed by atoms with E-state index in [9.17, 15) is 0 Å². The number of fused-ring (bicyclic) bond motifs is 1. The van der Waals surface area contributed by atoms with Crippen LogP contribution in [0.2, 0.25) is 0 Å². The summed E-state index contributed by atoms with van der Waals surface area (Å²) in [6.07, 6.45) is 3.74. The Balaban J connectivity index is 2.52. The van der Waals surface area contributed by atoms with Crippen LogP contribution in [0.3, 0.4) is 0 Å². The molecule has 1 aliphatic carbocycles. The molecule has 1 aliphatic rings. The van der Waals surface area contributed by atoms with Crippen LogP contribution in [0.4, 0.5) is 0 Å². The summed E-state index contributed by atoms with van der Waals surface area (Å²) in [6.45, 7) is 5.89. The van der Waals surface area contributed by atoms with Crippen molar-refractivity contribution < 1.29 is 0 Å². The molecule has 0 saturated heterocycles. The Morgan fingerprint density at radius 1 is 1.56 bits per heavy atom. The van der Waals surface area contributed by atoms with Gasteiger partial charge in [-0.3, -0.25) is 0 Å². The second-order valence-corrected chi connectivity index (χ2v) is 4.46. The predicted octanol–water partition coefficient (Wildman–Crippen LogP) is 3.97. The number of nitrogens with zero attached hydrogens (tertiary/aromatic N) is 3. The van der Waals surface area contributed by atoms with E-state index >= 15 is 0 Å². The Hall–Kier alpha value is -1.73. The van der Waals surface area contributed by atoms with E-state index in [1.165, 1.54) is 11.1 Å². The summed E-state index contributed by atoms with van der Waals surface area (Å²) in [6, 6.07) is 8.32. The molecule has 0 aromatic heterocycles. The third kappa shape index (κ3) is 1.59. The molecule has 0 heterocycles. The number of benzene rings is 1. The zero-order chi connectivity index (χ0) is 11.6. The first kappa shape index (κ1) is 10.8. The van der Waals surface area contributed by atoms with Crippen LogP contribution in [-0.4, -0.2) is 5.54 Å². The summed E-state index contributed by atoms with van der Waals surface area (Å²) in [4.78, 5) is 2.98. The first-order valence-corrected chi connectivity index (χ1v) is 5.48. The average molecular weight is 213 g/mol. The molecule has 1 aromatic carbocycles. The molecular weight excluding hydrogens is 198 g/mol. The van der Waals surface area contributed by atoms with Crippen LogP contribution in [-0.2, 0) is 6.42 Å². The quantitative estimate of drug-likeness (QED) is 0.309. The molecule has 0 unspecified atom stereocenters. The minimum atomic E-state index is -0.370. The van der Waals surface area contributed by atoms with E-state index in [2.05, 4.69) is 34.8 Å². The molecule has 1 aromatic rings. The molecule has 3 nitrogen and oxygen atoms in total. The highest BCUT2D eigenvalue weighted by Gasteiger charge is 2.36. The smallest absolute Gasteiger partial charge is 0.0566 e. The van der Waals surface area contributed by atoms with Gasteiger partial charge in [0.2, 0.25) is 0 Å². The van der Waals surface area contributed by atoms with E-state index < -0.39 is 0 Å². The summed E-state index contributed by atoms with van der Waals surface area (Å²) in [7, 11) is 0. The van der Waals surface area contributed by atoms with E-state index in [4.69, 9.17) is 5.53 Å². The van der Waals surface area contributed by atoms with Gasteiger partial charge < -0.3 is 0 Å². The van der Waals surface area contributed by atoms with Gasteiger partial charge in [-0.15, -0.1) is 6.58 Å². The number of azide groups is 1. The minimum Gasteiger partial charge on any atom is -0.102 e. The van der Waals surface area contributed by atoms with E-state index in [0.717, 1.165) is 12.8 Å². The standard InChI is InChI=1S/C13H15N3/c1-3-12-11-7-5-4-6-10(11)8-9-13(12,2)15-16-14/h3-7,12H,1,8-9H2,2H3/t12-,13+/m0/s1. The van der Waals surface area contributed by atoms with E-state index in [0.29, 0.717) is 0 Å². The lowest BCUT2D eigenvalue weighted by Crippen LogP contribution is -2.34. The minimum absolute atomic E-state index is 0.119. The normalized spacial score (nSPS) is 27.7. The van der Waals surface area contributed by atoms with Gasteiger partial charge in [0.25, 0.3) is 0 Å². The van der Waals surface area contributed by atoms with Gasteiger partial charge in [0.05, 0.1) is 5.54 Å². The number of aryl methyl sites for hydroxylation is 1. The van der Waals surface area contributed by atoms with Crippen molar-refractivity contribution in [1.82, 2.24) is 0 Å². The third-order valence-corrected chi connectivity index (χ3v) is 3.47. The largest absolute Gasteiger partial charge is 0.102 e. The van der Waals surface area contributed by atoms with Crippen LogP contribution >= 0.6 is 0 Å². The van der Waals surface area contributed by atoms with Crippen LogP contribution < -0.4 is 0 Å². The van der Waals surface area contributed by atoms with Crippen molar-refractivity contribution in [2.45, 2.75) is 31.2 Å². The SMILES string of the molecule is C=C[C@H]1c2ccccc2CC[C@@]1(C)N=[N+]=[N-]. The second-order valence-electron chi connectivity index (χ2n) is 4.46. The lowest BCUT2D eigenvalue weighted by atomic mass is 9.71. The molecule has 0 bridgehead atoms. The van der Waals surface area contributed by atoms with Crippen LogP contribution in [0, 0.1) is 0 Å². The van der Waals surface area contributed by atoms with E-state index in [-0.39, 0.29) is 11.5 Å². The molecule has 2 atom stereocenters. The maximum Gasteiger partial charge on any atom is 0.0566 e. The Kier molecular flexibility index (Phi) is 2.71. The molecular formula is C13H15N3. The first-order chi connectivity index (χ1) is 7.71. The number of hydrogen-bond acceptors (Lipinski definition) is 1. The molecule has 16 heavy (non-hydrogen) atoms. The predicted molar refractivity (Wildman–Crippen MR) is 65.3 cm³/mol. The second kappa shape index (κ2) is 4.03. The maximum absolute atomic E-state index is 8.67. The van der Waals surface area contributed by atoms with Gasteiger partial charge in [-0.05, 0) is 29.5 Å². The summed E-state index contributed by atoms with van der Waals surface area (Å²) < 4.78 is 0. The number of rotatable bonds is 2. The number of hydrogen-bond donors (Lipinski definition) is 0. The zero-order valence-corrected chi connectivity index (χ0v) is 9.43. The van der Waals surface area contributed by atoms with E-state index in [1.807, 2.05) is 19.1 Å². The van der Waals surface area contributed by atoms with Crippen molar-refractivity contribution >= 4 is 0 Å². The van der Waals surface area contributed by atoms with Crippen LogP contribution in [0.25, 0.3) is 10.4 Å².